The van der Waals surface area contributed by atoms with Gasteiger partial charge in [0.1, 0.15) is 18.1 Å². The summed E-state index contributed by atoms with van der Waals surface area (Å²) in [6.07, 6.45) is 1.41. The van der Waals surface area contributed by atoms with Gasteiger partial charge in [0, 0.05) is 16.3 Å². The molecule has 3 rings (SSSR count). The van der Waals surface area contributed by atoms with Crippen LogP contribution in [0.15, 0.2) is 65.8 Å². The molecule has 0 saturated carbocycles. The Morgan fingerprint density at radius 3 is 2.39 bits per heavy atom. The van der Waals surface area contributed by atoms with Crippen molar-refractivity contribution >= 4 is 46.9 Å². The summed E-state index contributed by atoms with van der Waals surface area (Å²) < 4.78 is 11.2. The summed E-state index contributed by atoms with van der Waals surface area (Å²) in [4.78, 5) is 24.0. The summed E-state index contributed by atoms with van der Waals surface area (Å²) >= 11 is 12.1. The van der Waals surface area contributed by atoms with Gasteiger partial charge in [-0.05, 0) is 61.0 Å². The van der Waals surface area contributed by atoms with Crippen LogP contribution in [0.1, 0.15) is 16.7 Å². The molecular formula is C24H21Cl2N3O4. The van der Waals surface area contributed by atoms with Gasteiger partial charge in [-0.3, -0.25) is 9.59 Å². The summed E-state index contributed by atoms with van der Waals surface area (Å²) in [5.74, 6) is -0.617. The highest BCUT2D eigenvalue weighted by atomic mass is 35.5. The van der Waals surface area contributed by atoms with Gasteiger partial charge in [-0.2, -0.15) is 5.10 Å². The molecule has 0 aromatic heterocycles. The summed E-state index contributed by atoms with van der Waals surface area (Å²) in [6.45, 7) is 2.11. The van der Waals surface area contributed by atoms with Crippen molar-refractivity contribution in [2.24, 2.45) is 5.10 Å². The van der Waals surface area contributed by atoms with E-state index in [0.29, 0.717) is 32.8 Å². The van der Waals surface area contributed by atoms with Crippen LogP contribution in [0.3, 0.4) is 0 Å². The van der Waals surface area contributed by atoms with Crippen LogP contribution in [0, 0.1) is 6.92 Å². The number of hydrazone groups is 1. The van der Waals surface area contributed by atoms with Gasteiger partial charge in [0.15, 0.2) is 0 Å². The number of rotatable bonds is 7. The number of hydrogen-bond acceptors (Lipinski definition) is 5. The molecule has 0 heterocycles. The molecule has 3 aromatic carbocycles. The zero-order valence-corrected chi connectivity index (χ0v) is 19.4. The Morgan fingerprint density at radius 2 is 1.70 bits per heavy atom. The number of halogens is 2. The van der Waals surface area contributed by atoms with Crippen molar-refractivity contribution in [3.05, 3.63) is 87.4 Å². The van der Waals surface area contributed by atoms with E-state index in [9.17, 15) is 9.59 Å². The number of nitrogens with zero attached hydrogens (tertiary/aromatic N) is 1. The Hall–Kier alpha value is -3.55. The van der Waals surface area contributed by atoms with E-state index in [1.807, 2.05) is 19.1 Å². The second-order valence-electron chi connectivity index (χ2n) is 6.95. The Kier molecular flexibility index (Phi) is 8.29. The third kappa shape index (κ3) is 6.97. The average molecular weight is 486 g/mol. The molecule has 2 N–H and O–H groups in total. The van der Waals surface area contributed by atoms with Gasteiger partial charge in [-0.25, -0.2) is 5.43 Å². The standard InChI is InChI=1S/C24H21Cl2N3O4/c1-15-3-7-19(8-4-15)28-23(30)24(31)29-27-13-16-5-9-21(32-2)17(11-16)14-33-22-10-6-18(25)12-20(22)26/h3-13H,14H2,1-2H3,(H,28,30)(H,29,31). The van der Waals surface area contributed by atoms with Crippen LogP contribution in [-0.2, 0) is 16.2 Å². The first-order valence-electron chi connectivity index (χ1n) is 9.81. The number of carbonyl (C=O) groups excluding carboxylic acids is 2. The molecule has 7 nitrogen and oxygen atoms in total. The maximum absolute atomic E-state index is 12.0. The van der Waals surface area contributed by atoms with Gasteiger partial charge < -0.3 is 14.8 Å². The highest BCUT2D eigenvalue weighted by Crippen LogP contribution is 2.29. The van der Waals surface area contributed by atoms with E-state index in [-0.39, 0.29) is 6.61 Å². The SMILES string of the molecule is COc1ccc(C=NNC(=O)C(=O)Nc2ccc(C)cc2)cc1COc1ccc(Cl)cc1Cl. The minimum atomic E-state index is -0.888. The van der Waals surface area contributed by atoms with E-state index < -0.39 is 11.8 Å². The predicted molar refractivity (Wildman–Crippen MR) is 129 cm³/mol. The second kappa shape index (κ2) is 11.4. The fourth-order valence-corrected chi connectivity index (χ4v) is 3.24. The molecule has 0 atom stereocenters. The van der Waals surface area contributed by atoms with Crippen molar-refractivity contribution in [1.29, 1.82) is 0 Å². The Balaban J connectivity index is 1.61. The van der Waals surface area contributed by atoms with Gasteiger partial charge in [0.25, 0.3) is 0 Å². The van der Waals surface area contributed by atoms with Gasteiger partial charge >= 0.3 is 11.8 Å². The third-order valence-electron chi connectivity index (χ3n) is 4.48. The van der Waals surface area contributed by atoms with Crippen LogP contribution in [0.2, 0.25) is 10.0 Å². The molecule has 0 unspecified atom stereocenters. The Labute approximate surface area is 201 Å². The monoisotopic (exact) mass is 485 g/mol. The smallest absolute Gasteiger partial charge is 0.329 e. The highest BCUT2D eigenvalue weighted by Gasteiger charge is 2.13. The van der Waals surface area contributed by atoms with Crippen molar-refractivity contribution in [2.75, 3.05) is 12.4 Å². The molecule has 3 aromatic rings. The normalized spacial score (nSPS) is 10.7. The number of nitrogens with one attached hydrogen (secondary N) is 2. The van der Waals surface area contributed by atoms with Crippen LogP contribution in [0.4, 0.5) is 5.69 Å². The molecule has 0 bridgehead atoms. The number of amides is 2. The maximum atomic E-state index is 12.0. The van der Waals surface area contributed by atoms with Crippen LogP contribution in [0.25, 0.3) is 0 Å². The molecule has 2 amide bonds. The van der Waals surface area contributed by atoms with E-state index in [1.54, 1.807) is 55.6 Å². The van der Waals surface area contributed by atoms with Gasteiger partial charge in [0.2, 0.25) is 0 Å². The van der Waals surface area contributed by atoms with Crippen LogP contribution in [0.5, 0.6) is 11.5 Å². The molecule has 33 heavy (non-hydrogen) atoms. The zero-order chi connectivity index (χ0) is 23.8. The number of ether oxygens (including phenoxy) is 2. The molecule has 9 heteroatoms. The average Bonchev–Trinajstić information content (AvgIpc) is 2.80. The lowest BCUT2D eigenvalue weighted by Crippen LogP contribution is -2.32. The summed E-state index contributed by atoms with van der Waals surface area (Å²) in [6, 6.07) is 17.3. The number of carbonyl (C=O) groups is 2. The van der Waals surface area contributed by atoms with Crippen molar-refractivity contribution in [3.63, 3.8) is 0 Å². The fourth-order valence-electron chi connectivity index (χ4n) is 2.78. The number of anilines is 1. The second-order valence-corrected chi connectivity index (χ2v) is 7.80. The maximum Gasteiger partial charge on any atom is 0.329 e. The molecule has 170 valence electrons. The van der Waals surface area contributed by atoms with Crippen LogP contribution < -0.4 is 20.2 Å². The molecule has 0 aliphatic rings. The molecule has 0 saturated heterocycles. The van der Waals surface area contributed by atoms with E-state index in [1.165, 1.54) is 6.21 Å². The lowest BCUT2D eigenvalue weighted by Gasteiger charge is -2.12. The quantitative estimate of drug-likeness (QED) is 0.280. The molecule has 0 spiro atoms. The van der Waals surface area contributed by atoms with Crippen molar-refractivity contribution in [2.45, 2.75) is 13.5 Å². The van der Waals surface area contributed by atoms with E-state index >= 15 is 0 Å². The Morgan fingerprint density at radius 1 is 0.970 bits per heavy atom. The van der Waals surface area contributed by atoms with E-state index in [0.717, 1.165) is 11.1 Å². The first kappa shape index (κ1) is 24.1. The molecule has 0 radical (unpaired) electrons. The fraction of sp³-hybridized carbons (Fsp3) is 0.125. The van der Waals surface area contributed by atoms with Crippen molar-refractivity contribution in [1.82, 2.24) is 5.43 Å². The lowest BCUT2D eigenvalue weighted by molar-refractivity contribution is -0.136. The Bertz CT molecular complexity index is 1180. The van der Waals surface area contributed by atoms with Crippen molar-refractivity contribution in [3.8, 4) is 11.5 Å². The predicted octanol–water partition coefficient (Wildman–Crippen LogP) is 4.98. The topological polar surface area (TPSA) is 89.0 Å². The summed E-state index contributed by atoms with van der Waals surface area (Å²) in [5.41, 5.74) is 5.17. The number of benzene rings is 3. The third-order valence-corrected chi connectivity index (χ3v) is 5.01. The first-order chi connectivity index (χ1) is 15.9. The van der Waals surface area contributed by atoms with Crippen LogP contribution >= 0.6 is 23.2 Å². The van der Waals surface area contributed by atoms with Gasteiger partial charge in [-0.1, -0.05) is 40.9 Å². The minimum Gasteiger partial charge on any atom is -0.496 e. The zero-order valence-electron chi connectivity index (χ0n) is 17.9. The molecule has 0 aliphatic carbocycles. The molecule has 0 aliphatic heterocycles. The van der Waals surface area contributed by atoms with Gasteiger partial charge in [-0.15, -0.1) is 0 Å². The highest BCUT2D eigenvalue weighted by molar-refractivity contribution is 6.39. The number of aryl methyl sites for hydroxylation is 1. The minimum absolute atomic E-state index is 0.178. The summed E-state index contributed by atoms with van der Waals surface area (Å²) in [7, 11) is 1.55. The van der Waals surface area contributed by atoms with Crippen molar-refractivity contribution < 1.29 is 19.1 Å². The van der Waals surface area contributed by atoms with Crippen LogP contribution in [-0.4, -0.2) is 25.1 Å². The first-order valence-corrected chi connectivity index (χ1v) is 10.6. The summed E-state index contributed by atoms with van der Waals surface area (Å²) in [5, 5.41) is 7.27. The number of methoxy groups -OCH3 is 1. The van der Waals surface area contributed by atoms with E-state index in [2.05, 4.69) is 15.8 Å². The largest absolute Gasteiger partial charge is 0.496 e. The van der Waals surface area contributed by atoms with E-state index in [4.69, 9.17) is 32.7 Å². The molecule has 0 fully saturated rings. The lowest BCUT2D eigenvalue weighted by atomic mass is 10.1. The molecular weight excluding hydrogens is 465 g/mol. The van der Waals surface area contributed by atoms with Gasteiger partial charge in [0.05, 0.1) is 18.3 Å². The number of hydrogen-bond donors (Lipinski definition) is 2.